The summed E-state index contributed by atoms with van der Waals surface area (Å²) < 4.78 is 42.6. The number of phosphoric acid groups is 2. The van der Waals surface area contributed by atoms with Gasteiger partial charge in [-0.15, -0.1) is 0 Å². The van der Waals surface area contributed by atoms with Gasteiger partial charge < -0.3 is 18.1 Å². The monoisotopic (exact) mass is 426 g/mol. The van der Waals surface area contributed by atoms with E-state index in [1.54, 1.807) is 24.3 Å². The Bertz CT molecular complexity index is 939. The maximum atomic E-state index is 11.5. The van der Waals surface area contributed by atoms with Gasteiger partial charge >= 0.3 is 15.6 Å². The van der Waals surface area contributed by atoms with Crippen molar-refractivity contribution in [1.82, 2.24) is 0 Å². The molecule has 0 spiro atoms. The molecule has 0 aliphatic carbocycles. The lowest BCUT2D eigenvalue weighted by Gasteiger charge is -2.20. The number of benzene rings is 2. The van der Waals surface area contributed by atoms with Crippen LogP contribution in [0.3, 0.4) is 0 Å². The third-order valence-corrected chi connectivity index (χ3v) is 6.67. The predicted molar refractivity (Wildman–Crippen MR) is 101 cm³/mol. The van der Waals surface area contributed by atoms with Gasteiger partial charge in [-0.25, -0.2) is 9.13 Å². The smallest absolute Gasteiger partial charge is 0.391 e. The zero-order chi connectivity index (χ0) is 20.1. The lowest BCUT2D eigenvalue weighted by Crippen LogP contribution is -2.13. The Labute approximate surface area is 162 Å². The summed E-state index contributed by atoms with van der Waals surface area (Å²) in [6, 6.07) is 10.5. The minimum absolute atomic E-state index is 0.275. The molecular formula is C18H20O8P2. The van der Waals surface area contributed by atoms with Crippen molar-refractivity contribution < 1.29 is 37.0 Å². The summed E-state index contributed by atoms with van der Waals surface area (Å²) in [6.07, 6.45) is 1.51. The van der Waals surface area contributed by atoms with Crippen molar-refractivity contribution in [3.63, 3.8) is 0 Å². The van der Waals surface area contributed by atoms with E-state index in [0.717, 1.165) is 24.0 Å². The van der Waals surface area contributed by atoms with Crippen molar-refractivity contribution in [2.45, 2.75) is 26.7 Å². The second-order valence-electron chi connectivity index (χ2n) is 7.23. The molecule has 0 saturated carbocycles. The van der Waals surface area contributed by atoms with Crippen molar-refractivity contribution in [1.29, 1.82) is 0 Å². The van der Waals surface area contributed by atoms with Gasteiger partial charge in [-0.2, -0.15) is 0 Å². The molecule has 150 valence electrons. The molecule has 4 rings (SSSR count). The molecule has 2 aliphatic rings. The largest absolute Gasteiger partial charge is 0.585 e. The molecule has 0 saturated heterocycles. The van der Waals surface area contributed by atoms with Crippen LogP contribution in [0.2, 0.25) is 0 Å². The summed E-state index contributed by atoms with van der Waals surface area (Å²) in [5.74, 6) is 1.72. The molecule has 0 bridgehead atoms. The molecule has 2 aromatic rings. The molecule has 2 heterocycles. The van der Waals surface area contributed by atoms with E-state index < -0.39 is 15.6 Å². The van der Waals surface area contributed by atoms with Gasteiger partial charge in [0, 0.05) is 0 Å². The van der Waals surface area contributed by atoms with Crippen LogP contribution >= 0.6 is 15.6 Å². The topological polar surface area (TPSA) is 112 Å². The van der Waals surface area contributed by atoms with Crippen LogP contribution in [-0.4, -0.2) is 9.79 Å². The first-order chi connectivity index (χ1) is 13.1. The highest BCUT2D eigenvalue weighted by atomic mass is 31.2. The molecular weight excluding hydrogens is 406 g/mol. The molecule has 10 heteroatoms. The van der Waals surface area contributed by atoms with Crippen molar-refractivity contribution in [3.05, 3.63) is 47.5 Å². The van der Waals surface area contributed by atoms with E-state index in [1.165, 1.54) is 0 Å². The second kappa shape index (κ2) is 6.82. The van der Waals surface area contributed by atoms with E-state index in [1.807, 2.05) is 12.1 Å². The molecule has 0 radical (unpaired) electrons. The van der Waals surface area contributed by atoms with E-state index in [0.29, 0.717) is 11.8 Å². The molecule has 0 fully saturated rings. The predicted octanol–water partition coefficient (Wildman–Crippen LogP) is 4.49. The van der Waals surface area contributed by atoms with Crippen molar-refractivity contribution >= 4 is 15.6 Å². The molecule has 2 aliphatic heterocycles. The van der Waals surface area contributed by atoms with Crippen molar-refractivity contribution in [2.24, 2.45) is 11.8 Å². The van der Waals surface area contributed by atoms with Crippen LogP contribution in [0.4, 0.5) is 0 Å². The van der Waals surface area contributed by atoms with E-state index in [2.05, 4.69) is 13.8 Å². The van der Waals surface area contributed by atoms with Gasteiger partial charge in [-0.1, -0.05) is 26.0 Å². The molecule has 8 nitrogen and oxygen atoms in total. The fourth-order valence-corrected chi connectivity index (χ4v) is 4.99. The first-order valence-electron chi connectivity index (χ1n) is 8.80. The van der Waals surface area contributed by atoms with Crippen molar-refractivity contribution in [3.8, 4) is 23.0 Å². The SMILES string of the molecule is CC(Cc1ccc2c(c1)OP(=O)(O)O2)C(C)Cc1ccc2c(c1)OP(=O)(O)O2. The Kier molecular flexibility index (Phi) is 4.71. The molecule has 0 amide bonds. The van der Waals surface area contributed by atoms with E-state index in [9.17, 15) is 18.9 Å². The maximum Gasteiger partial charge on any atom is 0.585 e. The van der Waals surface area contributed by atoms with Crippen LogP contribution in [0.5, 0.6) is 23.0 Å². The van der Waals surface area contributed by atoms with Crippen LogP contribution in [0.15, 0.2) is 36.4 Å². The van der Waals surface area contributed by atoms with E-state index in [-0.39, 0.29) is 23.0 Å². The van der Waals surface area contributed by atoms with Crippen LogP contribution in [0.1, 0.15) is 25.0 Å². The Morgan fingerprint density at radius 1 is 0.714 bits per heavy atom. The Balaban J connectivity index is 1.41. The van der Waals surface area contributed by atoms with Gasteiger partial charge in [0.1, 0.15) is 0 Å². The van der Waals surface area contributed by atoms with Gasteiger partial charge in [-0.05, 0) is 60.1 Å². The number of phosphoric ester groups is 2. The van der Waals surface area contributed by atoms with E-state index >= 15 is 0 Å². The van der Waals surface area contributed by atoms with Crippen LogP contribution in [-0.2, 0) is 22.0 Å². The number of hydrogen-bond donors (Lipinski definition) is 2. The summed E-state index contributed by atoms with van der Waals surface area (Å²) >= 11 is 0. The fraction of sp³-hybridized carbons (Fsp3) is 0.333. The highest BCUT2D eigenvalue weighted by Crippen LogP contribution is 2.56. The fourth-order valence-electron chi connectivity index (χ4n) is 3.33. The zero-order valence-corrected chi connectivity index (χ0v) is 17.1. The lowest BCUT2D eigenvalue weighted by atomic mass is 9.85. The van der Waals surface area contributed by atoms with E-state index in [4.69, 9.17) is 18.1 Å². The molecule has 0 aromatic heterocycles. The quantitative estimate of drug-likeness (QED) is 0.673. The van der Waals surface area contributed by atoms with Crippen LogP contribution in [0, 0.1) is 11.8 Å². The number of fused-ring (bicyclic) bond motifs is 2. The number of hydrogen-bond acceptors (Lipinski definition) is 6. The Morgan fingerprint density at radius 3 is 1.46 bits per heavy atom. The third-order valence-electron chi connectivity index (χ3n) is 4.96. The van der Waals surface area contributed by atoms with Crippen molar-refractivity contribution in [2.75, 3.05) is 0 Å². The first-order valence-corrected chi connectivity index (χ1v) is 11.8. The Morgan fingerprint density at radius 2 is 1.07 bits per heavy atom. The first kappa shape index (κ1) is 19.3. The van der Waals surface area contributed by atoms with Crippen LogP contribution < -0.4 is 18.1 Å². The molecule has 2 N–H and O–H groups in total. The second-order valence-corrected chi connectivity index (χ2v) is 9.83. The van der Waals surface area contributed by atoms with Gasteiger partial charge in [0.05, 0.1) is 0 Å². The molecule has 28 heavy (non-hydrogen) atoms. The van der Waals surface area contributed by atoms with Gasteiger partial charge in [0.15, 0.2) is 23.0 Å². The van der Waals surface area contributed by atoms with Crippen LogP contribution in [0.25, 0.3) is 0 Å². The summed E-state index contributed by atoms with van der Waals surface area (Å²) in [6.45, 7) is 4.25. The molecule has 4 atom stereocenters. The highest BCUT2D eigenvalue weighted by Gasteiger charge is 2.36. The highest BCUT2D eigenvalue weighted by molar-refractivity contribution is 7.49. The summed E-state index contributed by atoms with van der Waals surface area (Å²) in [5.41, 5.74) is 1.96. The van der Waals surface area contributed by atoms with Gasteiger partial charge in [-0.3, -0.25) is 9.79 Å². The molecule has 4 unspecified atom stereocenters. The number of rotatable bonds is 5. The summed E-state index contributed by atoms with van der Waals surface area (Å²) in [7, 11) is -8.04. The minimum atomic E-state index is -4.02. The zero-order valence-electron chi connectivity index (χ0n) is 15.3. The summed E-state index contributed by atoms with van der Waals surface area (Å²) in [4.78, 5) is 18.8. The standard InChI is InChI=1S/C18H20O8P2/c1-11(7-13-3-5-15-17(9-13)25-27(19,20)23-15)12(2)8-14-4-6-16-18(10-14)26-28(21,22)24-16/h3-6,9-12H,7-8H2,1-2H3,(H,19,20)(H,21,22). The third kappa shape index (κ3) is 4.06. The normalized spacial score (nSPS) is 26.9. The lowest BCUT2D eigenvalue weighted by molar-refractivity contribution is 0.321. The summed E-state index contributed by atoms with van der Waals surface area (Å²) in [5, 5.41) is 0. The average Bonchev–Trinajstić information content (AvgIpc) is 3.06. The average molecular weight is 426 g/mol. The van der Waals surface area contributed by atoms with Gasteiger partial charge in [0.25, 0.3) is 0 Å². The Hall–Kier alpha value is -1.98. The maximum absolute atomic E-state index is 11.5. The minimum Gasteiger partial charge on any atom is -0.391 e. The molecule has 2 aromatic carbocycles. The van der Waals surface area contributed by atoms with Gasteiger partial charge in [0.2, 0.25) is 0 Å².